The van der Waals surface area contributed by atoms with Crippen LogP contribution in [0, 0.1) is 0 Å². The average molecular weight is 282 g/mol. The van der Waals surface area contributed by atoms with Crippen LogP contribution in [0.3, 0.4) is 0 Å². The Morgan fingerprint density at radius 2 is 1.95 bits per heavy atom. The van der Waals surface area contributed by atoms with Crippen LogP contribution in [0.5, 0.6) is 5.88 Å². The van der Waals surface area contributed by atoms with Crippen LogP contribution in [-0.2, 0) is 0 Å². The largest absolute Gasteiger partial charge is 0.478 e. The summed E-state index contributed by atoms with van der Waals surface area (Å²) in [5, 5.41) is 4.40. The number of rotatable bonds is 4. The molecule has 7 nitrogen and oxygen atoms in total. The molecule has 2 N–H and O–H groups in total. The molecule has 2 heterocycles. The first-order valence-corrected chi connectivity index (χ1v) is 6.49. The van der Waals surface area contributed by atoms with Crippen molar-refractivity contribution < 1.29 is 4.74 Å². The lowest BCUT2D eigenvalue weighted by atomic mass is 10.2. The maximum absolute atomic E-state index is 5.67. The summed E-state index contributed by atoms with van der Waals surface area (Å²) < 4.78 is 6.93. The molecule has 0 spiro atoms. The van der Waals surface area contributed by atoms with E-state index >= 15 is 0 Å². The number of nitrogen functional groups attached to an aromatic ring is 1. The molecule has 0 fully saturated rings. The van der Waals surface area contributed by atoms with E-state index in [4.69, 9.17) is 10.5 Å². The fourth-order valence-electron chi connectivity index (χ4n) is 1.82. The lowest BCUT2D eigenvalue weighted by Gasteiger charge is -2.03. The molecule has 3 aromatic rings. The minimum absolute atomic E-state index is 0.507. The Bertz CT molecular complexity index is 737. The Morgan fingerprint density at radius 1 is 1.14 bits per heavy atom. The molecule has 0 aliphatic carbocycles. The second kappa shape index (κ2) is 5.58. The first kappa shape index (κ1) is 13.0. The molecule has 0 aliphatic rings. The number of benzene rings is 1. The summed E-state index contributed by atoms with van der Waals surface area (Å²) in [7, 11) is 0. The molecule has 0 unspecified atom stereocenters. The number of ether oxygens (including phenoxy) is 1. The van der Waals surface area contributed by atoms with Crippen LogP contribution < -0.4 is 10.5 Å². The van der Waals surface area contributed by atoms with Gasteiger partial charge >= 0.3 is 0 Å². The van der Waals surface area contributed by atoms with Gasteiger partial charge in [0.05, 0.1) is 6.61 Å². The molecule has 3 rings (SSSR count). The van der Waals surface area contributed by atoms with E-state index in [2.05, 4.69) is 20.1 Å². The number of anilines is 1. The Labute approximate surface area is 121 Å². The van der Waals surface area contributed by atoms with Gasteiger partial charge in [-0.25, -0.2) is 19.6 Å². The Kier molecular flexibility index (Phi) is 3.46. The number of aromatic nitrogens is 5. The first-order valence-electron chi connectivity index (χ1n) is 6.49. The van der Waals surface area contributed by atoms with Crippen molar-refractivity contribution in [3.05, 3.63) is 43.0 Å². The summed E-state index contributed by atoms with van der Waals surface area (Å²) in [5.74, 6) is 1.71. The van der Waals surface area contributed by atoms with Crippen LogP contribution in [0.1, 0.15) is 6.92 Å². The summed E-state index contributed by atoms with van der Waals surface area (Å²) in [6, 6.07) is 9.09. The third-order valence-corrected chi connectivity index (χ3v) is 2.82. The van der Waals surface area contributed by atoms with Crippen LogP contribution in [0.15, 0.2) is 43.0 Å². The van der Waals surface area contributed by atoms with Crippen molar-refractivity contribution in [1.82, 2.24) is 24.7 Å². The molecule has 0 saturated heterocycles. The standard InChI is InChI=1S/C14H14N6O/c1-2-21-13-7-12(16-8-17-13)20-9-18-14(19-20)10-3-5-11(15)6-4-10/h3-9H,2,15H2,1H3. The minimum atomic E-state index is 0.507. The van der Waals surface area contributed by atoms with Gasteiger partial charge in [-0.2, -0.15) is 0 Å². The molecule has 0 radical (unpaired) electrons. The van der Waals surface area contributed by atoms with Gasteiger partial charge in [0.2, 0.25) is 5.88 Å². The summed E-state index contributed by atoms with van der Waals surface area (Å²) in [6.07, 6.45) is 3.04. The Morgan fingerprint density at radius 3 is 2.71 bits per heavy atom. The van der Waals surface area contributed by atoms with Crippen LogP contribution in [0.4, 0.5) is 5.69 Å². The van der Waals surface area contributed by atoms with Crippen molar-refractivity contribution in [3.63, 3.8) is 0 Å². The van der Waals surface area contributed by atoms with E-state index in [1.165, 1.54) is 6.33 Å². The van der Waals surface area contributed by atoms with Crippen molar-refractivity contribution in [2.75, 3.05) is 12.3 Å². The molecule has 7 heteroatoms. The zero-order valence-corrected chi connectivity index (χ0v) is 11.5. The van der Waals surface area contributed by atoms with Crippen LogP contribution in [0.25, 0.3) is 17.2 Å². The van der Waals surface area contributed by atoms with E-state index in [1.807, 2.05) is 31.2 Å². The van der Waals surface area contributed by atoms with Crippen molar-refractivity contribution in [3.8, 4) is 23.1 Å². The third-order valence-electron chi connectivity index (χ3n) is 2.82. The highest BCUT2D eigenvalue weighted by Gasteiger charge is 2.07. The highest BCUT2D eigenvalue weighted by atomic mass is 16.5. The zero-order chi connectivity index (χ0) is 14.7. The molecule has 0 bridgehead atoms. The Balaban J connectivity index is 1.91. The highest BCUT2D eigenvalue weighted by Crippen LogP contribution is 2.17. The fraction of sp³-hybridized carbons (Fsp3) is 0.143. The van der Waals surface area contributed by atoms with E-state index in [9.17, 15) is 0 Å². The average Bonchev–Trinajstić information content (AvgIpc) is 2.98. The van der Waals surface area contributed by atoms with Crippen LogP contribution >= 0.6 is 0 Å². The van der Waals surface area contributed by atoms with E-state index in [-0.39, 0.29) is 0 Å². The van der Waals surface area contributed by atoms with Gasteiger partial charge in [0.25, 0.3) is 0 Å². The summed E-state index contributed by atoms with van der Waals surface area (Å²) in [5.41, 5.74) is 7.26. The zero-order valence-electron chi connectivity index (χ0n) is 11.5. The molecule has 0 saturated carbocycles. The second-order valence-corrected chi connectivity index (χ2v) is 4.28. The predicted molar refractivity (Wildman–Crippen MR) is 78.0 cm³/mol. The summed E-state index contributed by atoms with van der Waals surface area (Å²) in [4.78, 5) is 12.5. The van der Waals surface area contributed by atoms with Gasteiger partial charge in [0, 0.05) is 17.3 Å². The van der Waals surface area contributed by atoms with E-state index in [0.29, 0.717) is 29.8 Å². The molecule has 1 aromatic carbocycles. The molecule has 0 amide bonds. The number of nitrogens with two attached hydrogens (primary N) is 1. The SMILES string of the molecule is CCOc1cc(-n2cnc(-c3ccc(N)cc3)n2)ncn1. The number of hydrogen-bond donors (Lipinski definition) is 1. The highest BCUT2D eigenvalue weighted by molar-refractivity contribution is 5.58. The van der Waals surface area contributed by atoms with Gasteiger partial charge in [0.15, 0.2) is 11.6 Å². The van der Waals surface area contributed by atoms with Gasteiger partial charge in [-0.15, -0.1) is 5.10 Å². The lowest BCUT2D eigenvalue weighted by Crippen LogP contribution is -2.01. The molecular formula is C14H14N6O. The van der Waals surface area contributed by atoms with Crippen molar-refractivity contribution in [2.45, 2.75) is 6.92 Å². The van der Waals surface area contributed by atoms with E-state index in [0.717, 1.165) is 5.56 Å². The fourth-order valence-corrected chi connectivity index (χ4v) is 1.82. The van der Waals surface area contributed by atoms with Crippen LogP contribution in [-0.4, -0.2) is 31.3 Å². The quantitative estimate of drug-likeness (QED) is 0.732. The summed E-state index contributed by atoms with van der Waals surface area (Å²) >= 11 is 0. The molecule has 0 aliphatic heterocycles. The molecule has 106 valence electrons. The first-order chi connectivity index (χ1) is 10.3. The smallest absolute Gasteiger partial charge is 0.218 e. The van der Waals surface area contributed by atoms with Crippen LogP contribution in [0.2, 0.25) is 0 Å². The van der Waals surface area contributed by atoms with E-state index < -0.39 is 0 Å². The number of hydrogen-bond acceptors (Lipinski definition) is 6. The predicted octanol–water partition coefficient (Wildman–Crippen LogP) is 1.71. The normalized spacial score (nSPS) is 10.5. The minimum Gasteiger partial charge on any atom is -0.478 e. The molecule has 2 aromatic heterocycles. The van der Waals surface area contributed by atoms with Gasteiger partial charge < -0.3 is 10.5 Å². The van der Waals surface area contributed by atoms with Crippen molar-refractivity contribution in [2.24, 2.45) is 0 Å². The van der Waals surface area contributed by atoms with Gasteiger partial charge in [0.1, 0.15) is 12.7 Å². The topological polar surface area (TPSA) is 91.7 Å². The lowest BCUT2D eigenvalue weighted by molar-refractivity contribution is 0.326. The number of nitrogens with zero attached hydrogens (tertiary/aromatic N) is 5. The van der Waals surface area contributed by atoms with Gasteiger partial charge in [-0.3, -0.25) is 0 Å². The van der Waals surface area contributed by atoms with Gasteiger partial charge in [-0.1, -0.05) is 0 Å². The second-order valence-electron chi connectivity index (χ2n) is 4.28. The molecular weight excluding hydrogens is 268 g/mol. The maximum Gasteiger partial charge on any atom is 0.218 e. The van der Waals surface area contributed by atoms with Crippen molar-refractivity contribution in [1.29, 1.82) is 0 Å². The monoisotopic (exact) mass is 282 g/mol. The Hall–Kier alpha value is -2.96. The van der Waals surface area contributed by atoms with Crippen molar-refractivity contribution >= 4 is 5.69 Å². The molecule has 0 atom stereocenters. The maximum atomic E-state index is 5.67. The third kappa shape index (κ3) is 2.81. The van der Waals surface area contributed by atoms with E-state index in [1.54, 1.807) is 17.1 Å². The summed E-state index contributed by atoms with van der Waals surface area (Å²) in [6.45, 7) is 2.45. The van der Waals surface area contributed by atoms with Gasteiger partial charge in [-0.05, 0) is 31.2 Å². The molecule has 21 heavy (non-hydrogen) atoms.